The summed E-state index contributed by atoms with van der Waals surface area (Å²) in [6, 6.07) is 7.85. The molecule has 0 unspecified atom stereocenters. The molecule has 0 atom stereocenters. The first kappa shape index (κ1) is 8.49. The highest BCUT2D eigenvalue weighted by molar-refractivity contribution is 7.13. The van der Waals surface area contributed by atoms with Crippen LogP contribution in [0.3, 0.4) is 0 Å². The number of hydrogen-bond donors (Lipinski definition) is 0. The van der Waals surface area contributed by atoms with Gasteiger partial charge < -0.3 is 0 Å². The van der Waals surface area contributed by atoms with Gasteiger partial charge in [0.05, 0.1) is 4.88 Å². The zero-order chi connectivity index (χ0) is 10.1. The fourth-order valence-corrected chi connectivity index (χ4v) is 2.05. The van der Waals surface area contributed by atoms with Gasteiger partial charge in [0.15, 0.2) is 11.5 Å². The average molecular weight is 213 g/mol. The highest BCUT2D eigenvalue weighted by atomic mass is 32.1. The van der Waals surface area contributed by atoms with Crippen molar-refractivity contribution >= 4 is 22.4 Å². The maximum absolute atomic E-state index is 4.41. The Bertz CT molecular complexity index is 590. The topological polar surface area (TPSA) is 38.7 Å². The summed E-state index contributed by atoms with van der Waals surface area (Å²) in [7, 11) is 0. The first-order valence-electron chi connectivity index (χ1n) is 4.55. The Morgan fingerprint density at radius 3 is 2.93 bits per heavy atom. The predicted octanol–water partition coefficient (Wildman–Crippen LogP) is 2.75. The van der Waals surface area contributed by atoms with Gasteiger partial charge >= 0.3 is 0 Å². The molecule has 15 heavy (non-hydrogen) atoms. The third-order valence-corrected chi connectivity index (χ3v) is 2.96. The first-order valence-corrected chi connectivity index (χ1v) is 5.43. The number of rotatable bonds is 1. The quantitative estimate of drug-likeness (QED) is 0.624. The van der Waals surface area contributed by atoms with Gasteiger partial charge in [-0.1, -0.05) is 6.07 Å². The summed E-state index contributed by atoms with van der Waals surface area (Å²) in [5.74, 6) is 0.746. The standard InChI is InChI=1S/C11H7N3S/c1-3-8-7-13-11(9-4-2-6-15-9)14-10(8)12-5-1/h1-7H. The lowest BCUT2D eigenvalue weighted by Gasteiger charge is -1.97. The Hall–Kier alpha value is -1.81. The van der Waals surface area contributed by atoms with Crippen molar-refractivity contribution < 1.29 is 0 Å². The summed E-state index contributed by atoms with van der Waals surface area (Å²) in [5, 5.41) is 2.99. The van der Waals surface area contributed by atoms with E-state index in [1.54, 1.807) is 17.5 Å². The van der Waals surface area contributed by atoms with E-state index in [9.17, 15) is 0 Å². The van der Waals surface area contributed by atoms with E-state index in [0.29, 0.717) is 0 Å². The van der Waals surface area contributed by atoms with E-state index >= 15 is 0 Å². The molecule has 3 aromatic rings. The number of thiophene rings is 1. The lowest BCUT2D eigenvalue weighted by molar-refractivity contribution is 1.20. The van der Waals surface area contributed by atoms with Crippen molar-refractivity contribution in [3.63, 3.8) is 0 Å². The Morgan fingerprint density at radius 2 is 2.07 bits per heavy atom. The van der Waals surface area contributed by atoms with Gasteiger partial charge in [-0.25, -0.2) is 15.0 Å². The second-order valence-electron chi connectivity index (χ2n) is 3.09. The average Bonchev–Trinajstić information content (AvgIpc) is 2.82. The van der Waals surface area contributed by atoms with Gasteiger partial charge in [0.2, 0.25) is 0 Å². The lowest BCUT2D eigenvalue weighted by atomic mass is 10.3. The van der Waals surface area contributed by atoms with E-state index in [2.05, 4.69) is 15.0 Å². The molecule has 3 heterocycles. The smallest absolute Gasteiger partial charge is 0.171 e. The molecule has 0 aromatic carbocycles. The Morgan fingerprint density at radius 1 is 1.07 bits per heavy atom. The first-order chi connectivity index (χ1) is 7.43. The molecule has 0 saturated carbocycles. The van der Waals surface area contributed by atoms with Gasteiger partial charge in [0.1, 0.15) is 0 Å². The molecule has 0 aliphatic carbocycles. The van der Waals surface area contributed by atoms with Crippen molar-refractivity contribution in [1.82, 2.24) is 15.0 Å². The molecular formula is C11H7N3S. The largest absolute Gasteiger partial charge is 0.237 e. The van der Waals surface area contributed by atoms with E-state index in [1.165, 1.54) is 0 Å². The van der Waals surface area contributed by atoms with Gasteiger partial charge in [-0.3, -0.25) is 0 Å². The molecule has 0 spiro atoms. The molecule has 0 bridgehead atoms. The maximum atomic E-state index is 4.41. The minimum Gasteiger partial charge on any atom is -0.237 e. The highest BCUT2D eigenvalue weighted by Crippen LogP contribution is 2.21. The number of nitrogens with zero attached hydrogens (tertiary/aromatic N) is 3. The van der Waals surface area contributed by atoms with Crippen molar-refractivity contribution in [3.05, 3.63) is 42.0 Å². The summed E-state index contributed by atoms with van der Waals surface area (Å²) < 4.78 is 0. The fourth-order valence-electron chi connectivity index (χ4n) is 1.39. The van der Waals surface area contributed by atoms with Gasteiger partial charge in [-0.05, 0) is 23.6 Å². The van der Waals surface area contributed by atoms with Crippen LogP contribution in [0.5, 0.6) is 0 Å². The highest BCUT2D eigenvalue weighted by Gasteiger charge is 2.03. The van der Waals surface area contributed by atoms with Gasteiger partial charge in [-0.15, -0.1) is 11.3 Å². The summed E-state index contributed by atoms with van der Waals surface area (Å²) in [4.78, 5) is 14.0. The van der Waals surface area contributed by atoms with Crippen LogP contribution in [0.25, 0.3) is 21.7 Å². The maximum Gasteiger partial charge on any atom is 0.171 e. The molecule has 0 saturated heterocycles. The zero-order valence-corrected chi connectivity index (χ0v) is 8.61. The van der Waals surface area contributed by atoms with Crippen molar-refractivity contribution in [2.24, 2.45) is 0 Å². The minimum atomic E-state index is 0.746. The molecule has 0 aliphatic rings. The summed E-state index contributed by atoms with van der Waals surface area (Å²) >= 11 is 1.63. The van der Waals surface area contributed by atoms with Crippen molar-refractivity contribution in [3.8, 4) is 10.7 Å². The third kappa shape index (κ3) is 1.49. The molecule has 3 nitrogen and oxygen atoms in total. The van der Waals surface area contributed by atoms with E-state index in [0.717, 1.165) is 21.7 Å². The molecule has 3 aromatic heterocycles. The van der Waals surface area contributed by atoms with Crippen LogP contribution in [-0.4, -0.2) is 15.0 Å². The Kier molecular flexibility index (Phi) is 1.93. The van der Waals surface area contributed by atoms with Crippen molar-refractivity contribution in [2.75, 3.05) is 0 Å². The minimum absolute atomic E-state index is 0.746. The van der Waals surface area contributed by atoms with Gasteiger partial charge in [-0.2, -0.15) is 0 Å². The van der Waals surface area contributed by atoms with Crippen LogP contribution in [0.15, 0.2) is 42.0 Å². The summed E-state index contributed by atoms with van der Waals surface area (Å²) in [6.45, 7) is 0. The van der Waals surface area contributed by atoms with Gasteiger partial charge in [0.25, 0.3) is 0 Å². The zero-order valence-electron chi connectivity index (χ0n) is 7.79. The fraction of sp³-hybridized carbons (Fsp3) is 0. The normalized spacial score (nSPS) is 10.7. The molecule has 0 amide bonds. The van der Waals surface area contributed by atoms with E-state index in [4.69, 9.17) is 0 Å². The second-order valence-corrected chi connectivity index (χ2v) is 4.03. The number of aromatic nitrogens is 3. The van der Waals surface area contributed by atoms with E-state index in [1.807, 2.05) is 35.8 Å². The Balaban J connectivity index is 2.22. The van der Waals surface area contributed by atoms with Crippen molar-refractivity contribution in [1.29, 1.82) is 0 Å². The SMILES string of the molecule is c1csc(-c2ncc3cccnc3n2)c1. The van der Waals surface area contributed by atoms with Crippen LogP contribution in [0, 0.1) is 0 Å². The number of fused-ring (bicyclic) bond motifs is 1. The van der Waals surface area contributed by atoms with Crippen LogP contribution in [-0.2, 0) is 0 Å². The molecule has 0 radical (unpaired) electrons. The molecule has 0 N–H and O–H groups in total. The molecule has 0 aliphatic heterocycles. The molecule has 72 valence electrons. The monoisotopic (exact) mass is 213 g/mol. The molecule has 3 rings (SSSR count). The molecular weight excluding hydrogens is 206 g/mol. The van der Waals surface area contributed by atoms with E-state index < -0.39 is 0 Å². The van der Waals surface area contributed by atoms with Crippen molar-refractivity contribution in [2.45, 2.75) is 0 Å². The van der Waals surface area contributed by atoms with E-state index in [-0.39, 0.29) is 0 Å². The number of pyridine rings is 1. The van der Waals surface area contributed by atoms with Crippen LogP contribution in [0.4, 0.5) is 0 Å². The Labute approximate surface area is 90.5 Å². The van der Waals surface area contributed by atoms with Crippen LogP contribution >= 0.6 is 11.3 Å². The summed E-state index contributed by atoms with van der Waals surface area (Å²) in [6.07, 6.45) is 3.55. The van der Waals surface area contributed by atoms with Crippen LogP contribution in [0.2, 0.25) is 0 Å². The molecule has 4 heteroatoms. The predicted molar refractivity (Wildman–Crippen MR) is 60.6 cm³/mol. The lowest BCUT2D eigenvalue weighted by Crippen LogP contribution is -1.89. The molecule has 0 fully saturated rings. The second kappa shape index (κ2) is 3.40. The summed E-state index contributed by atoms with van der Waals surface area (Å²) in [5.41, 5.74) is 0.746. The van der Waals surface area contributed by atoms with Gasteiger partial charge in [0, 0.05) is 17.8 Å². The van der Waals surface area contributed by atoms with Crippen LogP contribution < -0.4 is 0 Å². The third-order valence-electron chi connectivity index (χ3n) is 2.10. The van der Waals surface area contributed by atoms with Crippen LogP contribution in [0.1, 0.15) is 0 Å². The number of hydrogen-bond acceptors (Lipinski definition) is 4.